The number of benzene rings is 2. The van der Waals surface area contributed by atoms with Gasteiger partial charge in [-0.2, -0.15) is 0 Å². The van der Waals surface area contributed by atoms with Crippen molar-refractivity contribution in [2.45, 2.75) is 19.4 Å². The number of ether oxygens (including phenoxy) is 2. The molecule has 1 atom stereocenters. The van der Waals surface area contributed by atoms with E-state index in [0.29, 0.717) is 17.7 Å². The van der Waals surface area contributed by atoms with E-state index in [1.54, 1.807) is 18.2 Å². The van der Waals surface area contributed by atoms with Crippen LogP contribution in [0, 0.1) is 6.92 Å². The van der Waals surface area contributed by atoms with Gasteiger partial charge in [0.2, 0.25) is 0 Å². The van der Waals surface area contributed by atoms with Crippen LogP contribution in [-0.4, -0.2) is 36.1 Å². The molecule has 140 valence electrons. The van der Waals surface area contributed by atoms with Gasteiger partial charge in [-0.1, -0.05) is 24.3 Å². The van der Waals surface area contributed by atoms with E-state index in [0.717, 1.165) is 16.7 Å². The number of nitrogens with one attached hydrogen (secondary N) is 1. The Kier molecular flexibility index (Phi) is 5.40. The highest BCUT2D eigenvalue weighted by Crippen LogP contribution is 2.32. The van der Waals surface area contributed by atoms with Crippen LogP contribution in [0.25, 0.3) is 0 Å². The van der Waals surface area contributed by atoms with Gasteiger partial charge in [-0.3, -0.25) is 9.59 Å². The van der Waals surface area contributed by atoms with Gasteiger partial charge in [0.15, 0.2) is 6.61 Å². The summed E-state index contributed by atoms with van der Waals surface area (Å²) in [5.74, 6) is -1.46. The van der Waals surface area contributed by atoms with Crippen LogP contribution in [0.4, 0.5) is 0 Å². The summed E-state index contributed by atoms with van der Waals surface area (Å²) < 4.78 is 11.0. The van der Waals surface area contributed by atoms with E-state index in [1.165, 1.54) is 0 Å². The molecule has 0 aliphatic carbocycles. The smallest absolute Gasteiger partial charge is 0.339 e. The van der Waals surface area contributed by atoms with Crippen molar-refractivity contribution in [3.05, 3.63) is 64.7 Å². The number of aliphatic carboxylic acids is 1. The first-order chi connectivity index (χ1) is 12.9. The molecular weight excluding hydrogens is 350 g/mol. The molecule has 27 heavy (non-hydrogen) atoms. The summed E-state index contributed by atoms with van der Waals surface area (Å²) in [6.45, 7) is 1.10. The number of hydrogen-bond donors (Lipinski definition) is 2. The van der Waals surface area contributed by atoms with E-state index in [-0.39, 0.29) is 18.7 Å². The fourth-order valence-corrected chi connectivity index (χ4v) is 2.92. The number of carbonyl (C=O) groups excluding carboxylic acids is 2. The average Bonchev–Trinajstić information content (AvgIpc) is 2.65. The molecule has 1 heterocycles. The van der Waals surface area contributed by atoms with Crippen LogP contribution in [0.3, 0.4) is 0 Å². The Bertz CT molecular complexity index is 892. The van der Waals surface area contributed by atoms with Gasteiger partial charge in [-0.15, -0.1) is 0 Å². The second-order valence-corrected chi connectivity index (χ2v) is 6.24. The number of carboxylic acid groups (broad SMARTS) is 1. The van der Waals surface area contributed by atoms with Crippen molar-refractivity contribution in [1.29, 1.82) is 0 Å². The lowest BCUT2D eigenvalue weighted by molar-refractivity contribution is -0.138. The zero-order valence-electron chi connectivity index (χ0n) is 14.7. The van der Waals surface area contributed by atoms with Gasteiger partial charge in [-0.25, -0.2) is 4.79 Å². The molecule has 1 aliphatic rings. The van der Waals surface area contributed by atoms with E-state index >= 15 is 0 Å². The number of esters is 1. The zero-order chi connectivity index (χ0) is 19.4. The number of carbonyl (C=O) groups is 3. The Hall–Kier alpha value is -3.35. The second-order valence-electron chi connectivity index (χ2n) is 6.24. The van der Waals surface area contributed by atoms with Crippen molar-refractivity contribution >= 4 is 17.8 Å². The summed E-state index contributed by atoms with van der Waals surface area (Å²) in [5, 5.41) is 10.8. The molecule has 0 saturated heterocycles. The number of rotatable bonds is 6. The maximum atomic E-state index is 12.2. The summed E-state index contributed by atoms with van der Waals surface area (Å²) >= 11 is 0. The topological polar surface area (TPSA) is 102 Å². The molecule has 0 fully saturated rings. The molecule has 3 rings (SSSR count). The molecule has 7 nitrogen and oxygen atoms in total. The summed E-state index contributed by atoms with van der Waals surface area (Å²) in [6, 6.07) is 12.7. The number of cyclic esters (lactones) is 1. The minimum Gasteiger partial charge on any atom is -0.484 e. The molecule has 2 aromatic carbocycles. The van der Waals surface area contributed by atoms with Crippen molar-refractivity contribution in [2.75, 3.05) is 13.2 Å². The Morgan fingerprint density at radius 2 is 2.04 bits per heavy atom. The predicted octanol–water partition coefficient (Wildman–Crippen LogP) is 2.03. The Balaban J connectivity index is 1.66. The molecule has 0 radical (unpaired) electrons. The van der Waals surface area contributed by atoms with Gasteiger partial charge in [0.1, 0.15) is 18.4 Å². The van der Waals surface area contributed by atoms with E-state index in [2.05, 4.69) is 5.32 Å². The Morgan fingerprint density at radius 3 is 2.78 bits per heavy atom. The molecule has 0 aromatic heterocycles. The minimum atomic E-state index is -1.12. The van der Waals surface area contributed by atoms with E-state index in [9.17, 15) is 14.4 Å². The highest BCUT2D eigenvalue weighted by atomic mass is 16.5. The highest BCUT2D eigenvalue weighted by Gasteiger charge is 2.27. The molecule has 7 heteroatoms. The van der Waals surface area contributed by atoms with Crippen LogP contribution >= 0.6 is 0 Å². The number of fused-ring (bicyclic) bond motifs is 1. The predicted molar refractivity (Wildman–Crippen MR) is 95.6 cm³/mol. The quantitative estimate of drug-likeness (QED) is 0.756. The van der Waals surface area contributed by atoms with Crippen molar-refractivity contribution in [3.8, 4) is 5.75 Å². The third kappa shape index (κ3) is 4.44. The monoisotopic (exact) mass is 369 g/mol. The van der Waals surface area contributed by atoms with Crippen LogP contribution in [0.15, 0.2) is 42.5 Å². The molecule has 0 bridgehead atoms. The molecular formula is C20H19NO6. The SMILES string of the molecule is Cc1cc([C@@H]2Cc3ccccc3C(=O)O2)ccc1OCC(=O)NCC(=O)O. The lowest BCUT2D eigenvalue weighted by atomic mass is 9.94. The summed E-state index contributed by atoms with van der Waals surface area (Å²) in [4.78, 5) is 34.1. The standard InChI is InChI=1S/C20H19NO6/c1-12-8-14(6-7-16(12)26-11-18(22)21-10-19(23)24)17-9-13-4-2-3-5-15(13)20(25)27-17/h2-8,17H,9-11H2,1H3,(H,21,22)(H,23,24)/t17-/m0/s1. The van der Waals surface area contributed by atoms with Crippen LogP contribution in [-0.2, 0) is 20.7 Å². The Morgan fingerprint density at radius 1 is 1.26 bits per heavy atom. The van der Waals surface area contributed by atoms with Crippen molar-refractivity contribution in [2.24, 2.45) is 0 Å². The van der Waals surface area contributed by atoms with E-state index < -0.39 is 18.4 Å². The molecule has 2 aromatic rings. The first kappa shape index (κ1) is 18.4. The first-order valence-electron chi connectivity index (χ1n) is 8.45. The summed E-state index contributed by atoms with van der Waals surface area (Å²) in [5.41, 5.74) is 3.18. The van der Waals surface area contributed by atoms with Gasteiger partial charge >= 0.3 is 11.9 Å². The van der Waals surface area contributed by atoms with Crippen molar-refractivity contribution in [1.82, 2.24) is 5.32 Å². The van der Waals surface area contributed by atoms with Crippen LogP contribution < -0.4 is 10.1 Å². The molecule has 0 spiro atoms. The second kappa shape index (κ2) is 7.90. The fourth-order valence-electron chi connectivity index (χ4n) is 2.92. The van der Waals surface area contributed by atoms with Crippen molar-refractivity contribution < 1.29 is 29.0 Å². The minimum absolute atomic E-state index is 0.279. The third-order valence-corrected chi connectivity index (χ3v) is 4.26. The van der Waals surface area contributed by atoms with Gasteiger partial charge in [0, 0.05) is 6.42 Å². The normalized spacial score (nSPS) is 15.4. The van der Waals surface area contributed by atoms with Gasteiger partial charge in [0.25, 0.3) is 5.91 Å². The number of carboxylic acids is 1. The maximum Gasteiger partial charge on any atom is 0.339 e. The highest BCUT2D eigenvalue weighted by molar-refractivity contribution is 5.92. The van der Waals surface area contributed by atoms with Crippen LogP contribution in [0.1, 0.15) is 33.2 Å². The van der Waals surface area contributed by atoms with Crippen LogP contribution in [0.2, 0.25) is 0 Å². The van der Waals surface area contributed by atoms with Crippen molar-refractivity contribution in [3.63, 3.8) is 0 Å². The molecule has 1 aliphatic heterocycles. The lowest BCUT2D eigenvalue weighted by Crippen LogP contribution is -2.33. The first-order valence-corrected chi connectivity index (χ1v) is 8.45. The number of aryl methyl sites for hydroxylation is 1. The van der Waals surface area contributed by atoms with Gasteiger partial charge in [0.05, 0.1) is 5.56 Å². The number of amides is 1. The average molecular weight is 369 g/mol. The van der Waals surface area contributed by atoms with Crippen LogP contribution in [0.5, 0.6) is 5.75 Å². The Labute approximate surface area is 155 Å². The molecule has 0 unspecified atom stereocenters. The zero-order valence-corrected chi connectivity index (χ0v) is 14.7. The maximum absolute atomic E-state index is 12.2. The van der Waals surface area contributed by atoms with E-state index in [1.807, 2.05) is 31.2 Å². The molecule has 2 N–H and O–H groups in total. The molecule has 0 saturated carbocycles. The van der Waals surface area contributed by atoms with Gasteiger partial charge < -0.3 is 19.9 Å². The summed E-state index contributed by atoms with van der Waals surface area (Å²) in [6.07, 6.45) is 0.220. The largest absolute Gasteiger partial charge is 0.484 e. The fraction of sp³-hybridized carbons (Fsp3) is 0.250. The van der Waals surface area contributed by atoms with Gasteiger partial charge in [-0.05, 0) is 41.8 Å². The molecule has 1 amide bonds. The third-order valence-electron chi connectivity index (χ3n) is 4.26. The lowest BCUT2D eigenvalue weighted by Gasteiger charge is -2.25. The van der Waals surface area contributed by atoms with E-state index in [4.69, 9.17) is 14.6 Å². The number of hydrogen-bond acceptors (Lipinski definition) is 5. The summed E-state index contributed by atoms with van der Waals surface area (Å²) in [7, 11) is 0.